The second-order valence-electron chi connectivity index (χ2n) is 6.35. The lowest BCUT2D eigenvalue weighted by Gasteiger charge is -2.10. The van der Waals surface area contributed by atoms with Gasteiger partial charge in [0.25, 0.3) is 0 Å². The number of oxazole rings is 1. The van der Waals surface area contributed by atoms with Gasteiger partial charge in [-0.15, -0.1) is 24.0 Å². The quantitative estimate of drug-likeness (QED) is 0.380. The fourth-order valence-corrected chi connectivity index (χ4v) is 2.42. The van der Waals surface area contributed by atoms with E-state index < -0.39 is 0 Å². The maximum absolute atomic E-state index is 5.60. The van der Waals surface area contributed by atoms with E-state index in [4.69, 9.17) is 4.42 Å². The number of hydrogen-bond donors (Lipinski definition) is 2. The van der Waals surface area contributed by atoms with Crippen molar-refractivity contribution in [1.29, 1.82) is 0 Å². The molecule has 2 N–H and O–H groups in total. The highest BCUT2D eigenvalue weighted by molar-refractivity contribution is 14.0. The molecule has 136 valence electrons. The van der Waals surface area contributed by atoms with E-state index in [1.165, 1.54) is 18.4 Å². The highest BCUT2D eigenvalue weighted by Gasteiger charge is 2.20. The maximum Gasteiger partial charge on any atom is 0.226 e. The van der Waals surface area contributed by atoms with E-state index in [2.05, 4.69) is 46.6 Å². The molecular weight excluding hydrogens is 427 g/mol. The molecule has 1 aromatic heterocycles. The Labute approximate surface area is 166 Å². The molecule has 1 heterocycles. The van der Waals surface area contributed by atoms with Crippen LogP contribution in [0.2, 0.25) is 0 Å². The third-order valence-corrected chi connectivity index (χ3v) is 4.07. The summed E-state index contributed by atoms with van der Waals surface area (Å²) in [7, 11) is 0. The molecule has 1 saturated carbocycles. The van der Waals surface area contributed by atoms with Crippen LogP contribution < -0.4 is 10.6 Å². The number of nitrogens with one attached hydrogen (secondary N) is 2. The van der Waals surface area contributed by atoms with E-state index in [-0.39, 0.29) is 24.0 Å². The van der Waals surface area contributed by atoms with Crippen molar-refractivity contribution < 1.29 is 4.42 Å². The van der Waals surface area contributed by atoms with Crippen LogP contribution in [0.3, 0.4) is 0 Å². The predicted molar refractivity (Wildman–Crippen MR) is 113 cm³/mol. The number of aryl methyl sites for hydroxylation is 1. The smallest absolute Gasteiger partial charge is 0.226 e. The number of aromatic nitrogens is 1. The summed E-state index contributed by atoms with van der Waals surface area (Å²) in [5, 5.41) is 6.65. The number of hydrogen-bond acceptors (Lipinski definition) is 3. The molecular formula is C19H27IN4O. The second kappa shape index (κ2) is 9.79. The molecule has 0 spiro atoms. The molecule has 0 aliphatic heterocycles. The Morgan fingerprint density at radius 2 is 2.00 bits per heavy atom. The predicted octanol–water partition coefficient (Wildman–Crippen LogP) is 3.78. The number of guanidine groups is 1. The van der Waals surface area contributed by atoms with Crippen molar-refractivity contribution in [3.05, 3.63) is 41.8 Å². The largest absolute Gasteiger partial charge is 0.444 e. The second-order valence-corrected chi connectivity index (χ2v) is 6.35. The number of rotatable bonds is 7. The van der Waals surface area contributed by atoms with E-state index in [0.717, 1.165) is 49.2 Å². The van der Waals surface area contributed by atoms with Gasteiger partial charge >= 0.3 is 0 Å². The molecule has 0 amide bonds. The van der Waals surface area contributed by atoms with Crippen molar-refractivity contribution in [2.45, 2.75) is 33.1 Å². The van der Waals surface area contributed by atoms with Gasteiger partial charge in [0.1, 0.15) is 6.26 Å². The van der Waals surface area contributed by atoms with Gasteiger partial charge in [-0.2, -0.15) is 0 Å². The molecule has 0 saturated heterocycles. The van der Waals surface area contributed by atoms with E-state index in [1.54, 1.807) is 6.26 Å². The first kappa shape index (κ1) is 19.8. The first-order valence-corrected chi connectivity index (χ1v) is 8.78. The molecule has 0 atom stereocenters. The molecule has 3 rings (SSSR count). The average molecular weight is 454 g/mol. The zero-order valence-corrected chi connectivity index (χ0v) is 17.2. The van der Waals surface area contributed by atoms with E-state index in [1.807, 2.05) is 12.1 Å². The van der Waals surface area contributed by atoms with Crippen LogP contribution >= 0.6 is 24.0 Å². The first-order valence-electron chi connectivity index (χ1n) is 8.78. The molecule has 1 aliphatic rings. The average Bonchev–Trinajstić information content (AvgIpc) is 3.30. The molecule has 6 heteroatoms. The molecule has 0 unspecified atom stereocenters. The standard InChI is InChI=1S/C19H26N4O.HI/c1-3-20-19(22-12-15-6-7-15)21-11-10-17-13-24-18(23-17)16-8-4-14(2)5-9-16;/h4-5,8-9,13,15H,3,6-7,10-12H2,1-2H3,(H2,20,21,22);1H. The summed E-state index contributed by atoms with van der Waals surface area (Å²) in [5.41, 5.74) is 3.20. The Kier molecular flexibility index (Phi) is 7.74. The highest BCUT2D eigenvalue weighted by atomic mass is 127. The summed E-state index contributed by atoms with van der Waals surface area (Å²) in [6.07, 6.45) is 5.20. The van der Waals surface area contributed by atoms with Crippen molar-refractivity contribution in [1.82, 2.24) is 15.6 Å². The molecule has 25 heavy (non-hydrogen) atoms. The van der Waals surface area contributed by atoms with Crippen LogP contribution in [0.25, 0.3) is 11.5 Å². The topological polar surface area (TPSA) is 62.5 Å². The minimum atomic E-state index is 0. The lowest BCUT2D eigenvalue weighted by atomic mass is 10.1. The minimum Gasteiger partial charge on any atom is -0.444 e. The Balaban J connectivity index is 0.00000225. The highest BCUT2D eigenvalue weighted by Crippen LogP contribution is 2.28. The van der Waals surface area contributed by atoms with Gasteiger partial charge in [0.05, 0.1) is 5.69 Å². The van der Waals surface area contributed by atoms with Crippen LogP contribution in [0, 0.1) is 12.8 Å². The first-order chi connectivity index (χ1) is 11.7. The van der Waals surface area contributed by atoms with Gasteiger partial charge in [-0.25, -0.2) is 4.98 Å². The van der Waals surface area contributed by atoms with Gasteiger partial charge < -0.3 is 15.1 Å². The van der Waals surface area contributed by atoms with Crippen LogP contribution in [-0.2, 0) is 6.42 Å². The van der Waals surface area contributed by atoms with Crippen LogP contribution in [0.15, 0.2) is 39.9 Å². The van der Waals surface area contributed by atoms with Crippen LogP contribution in [0.4, 0.5) is 0 Å². The summed E-state index contributed by atoms with van der Waals surface area (Å²) >= 11 is 0. The van der Waals surface area contributed by atoms with Gasteiger partial charge in [-0.1, -0.05) is 17.7 Å². The van der Waals surface area contributed by atoms with Crippen molar-refractivity contribution in [3.63, 3.8) is 0 Å². The lowest BCUT2D eigenvalue weighted by Crippen LogP contribution is -2.38. The SMILES string of the molecule is CCNC(=NCC1CC1)NCCc1coc(-c2ccc(C)cc2)n1.I. The van der Waals surface area contributed by atoms with Gasteiger partial charge in [0.2, 0.25) is 5.89 Å². The van der Waals surface area contributed by atoms with Crippen LogP contribution in [0.5, 0.6) is 0 Å². The Hall–Kier alpha value is -1.57. The molecule has 1 aliphatic carbocycles. The van der Waals surface area contributed by atoms with Gasteiger partial charge in [0, 0.05) is 31.6 Å². The normalized spacial score (nSPS) is 14.1. The number of nitrogens with zero attached hydrogens (tertiary/aromatic N) is 2. The van der Waals surface area contributed by atoms with E-state index >= 15 is 0 Å². The molecule has 0 radical (unpaired) electrons. The fourth-order valence-electron chi connectivity index (χ4n) is 2.42. The van der Waals surface area contributed by atoms with Gasteiger partial charge in [0.15, 0.2) is 5.96 Å². The summed E-state index contributed by atoms with van der Waals surface area (Å²) in [4.78, 5) is 9.19. The zero-order chi connectivity index (χ0) is 16.8. The molecule has 1 fully saturated rings. The number of benzene rings is 1. The van der Waals surface area contributed by atoms with Crippen molar-refractivity contribution >= 4 is 29.9 Å². The third-order valence-electron chi connectivity index (χ3n) is 4.07. The summed E-state index contributed by atoms with van der Waals surface area (Å²) in [5.74, 6) is 2.37. The molecule has 2 aromatic rings. The van der Waals surface area contributed by atoms with E-state index in [9.17, 15) is 0 Å². The van der Waals surface area contributed by atoms with Gasteiger partial charge in [-0.3, -0.25) is 4.99 Å². The number of halogens is 1. The Morgan fingerprint density at radius 1 is 1.24 bits per heavy atom. The maximum atomic E-state index is 5.60. The summed E-state index contributed by atoms with van der Waals surface area (Å²) in [6.45, 7) is 6.74. The zero-order valence-electron chi connectivity index (χ0n) is 14.9. The van der Waals surface area contributed by atoms with Crippen molar-refractivity contribution in [2.75, 3.05) is 19.6 Å². The molecule has 1 aromatic carbocycles. The fraction of sp³-hybridized carbons (Fsp3) is 0.474. The van der Waals surface area contributed by atoms with Crippen molar-refractivity contribution in [2.24, 2.45) is 10.9 Å². The Morgan fingerprint density at radius 3 is 2.68 bits per heavy atom. The summed E-state index contributed by atoms with van der Waals surface area (Å²) < 4.78 is 5.60. The monoisotopic (exact) mass is 454 g/mol. The van der Waals surface area contributed by atoms with Crippen LogP contribution in [-0.4, -0.2) is 30.6 Å². The van der Waals surface area contributed by atoms with Crippen molar-refractivity contribution in [3.8, 4) is 11.5 Å². The summed E-state index contributed by atoms with van der Waals surface area (Å²) in [6, 6.07) is 8.22. The van der Waals surface area contributed by atoms with Crippen LogP contribution in [0.1, 0.15) is 31.0 Å². The lowest BCUT2D eigenvalue weighted by molar-refractivity contribution is 0.572. The Bertz CT molecular complexity index is 677. The minimum absolute atomic E-state index is 0. The van der Waals surface area contributed by atoms with E-state index in [0.29, 0.717) is 5.89 Å². The third kappa shape index (κ3) is 6.34. The van der Waals surface area contributed by atoms with Gasteiger partial charge in [-0.05, 0) is 44.7 Å². The number of aliphatic imine (C=N–C) groups is 1. The molecule has 0 bridgehead atoms. The molecule has 5 nitrogen and oxygen atoms in total.